The molecule has 0 aliphatic carbocycles. The lowest BCUT2D eigenvalue weighted by Gasteiger charge is -2.25. The maximum atomic E-state index is 12.7. The van der Waals surface area contributed by atoms with E-state index in [1.807, 2.05) is 30.3 Å². The Morgan fingerprint density at radius 1 is 0.964 bits per heavy atom. The molecular weight excluding hydrogens is 397 g/mol. The minimum Gasteiger partial charge on any atom is -0.339 e. The second-order valence-corrected chi connectivity index (χ2v) is 7.21. The number of benzene rings is 2. The molecule has 2 aromatic rings. The zero-order chi connectivity index (χ0) is 19.2. The molecule has 2 amide bonds. The molecule has 5 nitrogen and oxygen atoms in total. The summed E-state index contributed by atoms with van der Waals surface area (Å²) in [6.07, 6.45) is 1.25. The number of nitrogens with zero attached hydrogens (tertiary/aromatic N) is 2. The van der Waals surface area contributed by atoms with Crippen LogP contribution in [-0.4, -0.2) is 53.8 Å². The Balaban J connectivity index is 0.00000280. The quantitative estimate of drug-likeness (QED) is 0.824. The molecule has 28 heavy (non-hydrogen) atoms. The lowest BCUT2D eigenvalue weighted by atomic mass is 10.1. The van der Waals surface area contributed by atoms with E-state index in [-0.39, 0.29) is 24.2 Å². The fraction of sp³-hybridized carbons (Fsp3) is 0.333. The van der Waals surface area contributed by atoms with E-state index in [1.54, 1.807) is 34.1 Å². The van der Waals surface area contributed by atoms with Crippen LogP contribution in [0.2, 0.25) is 5.02 Å². The minimum atomic E-state index is -0.567. The molecule has 0 unspecified atom stereocenters. The highest BCUT2D eigenvalue weighted by Crippen LogP contribution is 2.15. The van der Waals surface area contributed by atoms with Crippen molar-refractivity contribution in [3.63, 3.8) is 0 Å². The average molecular weight is 422 g/mol. The van der Waals surface area contributed by atoms with Crippen molar-refractivity contribution in [3.05, 3.63) is 70.7 Å². The minimum absolute atomic E-state index is 0. The lowest BCUT2D eigenvalue weighted by molar-refractivity contribution is -0.132. The molecule has 2 aromatic carbocycles. The molecule has 0 saturated carbocycles. The van der Waals surface area contributed by atoms with Crippen molar-refractivity contribution < 1.29 is 9.59 Å². The van der Waals surface area contributed by atoms with E-state index >= 15 is 0 Å². The number of nitrogens with two attached hydrogens (primary N) is 1. The van der Waals surface area contributed by atoms with E-state index in [9.17, 15) is 9.59 Å². The standard InChI is InChI=1S/C21H24ClN3O2.ClH/c22-18-9-4-8-17(15-18)20(26)24-10-5-11-25(13-12-24)21(27)19(23)14-16-6-2-1-3-7-16;/h1-4,6-9,15,19H,5,10-14,23H2;1H/t19-;/m0./s1. The zero-order valence-electron chi connectivity index (χ0n) is 15.6. The number of carbonyl (C=O) groups is 2. The molecular formula is C21H25Cl2N3O2. The van der Waals surface area contributed by atoms with Gasteiger partial charge in [-0.1, -0.05) is 48.0 Å². The summed E-state index contributed by atoms with van der Waals surface area (Å²) >= 11 is 5.99. The van der Waals surface area contributed by atoms with Crippen LogP contribution in [0.25, 0.3) is 0 Å². The first kappa shape index (κ1) is 22.2. The van der Waals surface area contributed by atoms with E-state index in [2.05, 4.69) is 0 Å². The van der Waals surface area contributed by atoms with E-state index in [1.165, 1.54) is 0 Å². The maximum absolute atomic E-state index is 12.7. The fourth-order valence-electron chi connectivity index (χ4n) is 3.33. The summed E-state index contributed by atoms with van der Waals surface area (Å²) in [5.74, 6) is -0.115. The summed E-state index contributed by atoms with van der Waals surface area (Å²) in [7, 11) is 0. The Labute approximate surface area is 176 Å². The van der Waals surface area contributed by atoms with Gasteiger partial charge < -0.3 is 15.5 Å². The molecule has 1 atom stereocenters. The molecule has 150 valence electrons. The molecule has 1 heterocycles. The summed E-state index contributed by atoms with van der Waals surface area (Å²) in [6.45, 7) is 2.21. The third-order valence-corrected chi connectivity index (χ3v) is 5.02. The van der Waals surface area contributed by atoms with Gasteiger partial charge in [0.1, 0.15) is 0 Å². The van der Waals surface area contributed by atoms with Crippen molar-refractivity contribution in [1.29, 1.82) is 0 Å². The first-order valence-corrected chi connectivity index (χ1v) is 9.55. The topological polar surface area (TPSA) is 66.6 Å². The van der Waals surface area contributed by atoms with Crippen molar-refractivity contribution in [2.24, 2.45) is 5.73 Å². The molecule has 1 aliphatic heterocycles. The summed E-state index contributed by atoms with van der Waals surface area (Å²) in [5, 5.41) is 0.541. The van der Waals surface area contributed by atoms with Gasteiger partial charge in [0.05, 0.1) is 6.04 Å². The van der Waals surface area contributed by atoms with Crippen LogP contribution in [-0.2, 0) is 11.2 Å². The van der Waals surface area contributed by atoms with Gasteiger partial charge in [-0.25, -0.2) is 0 Å². The van der Waals surface area contributed by atoms with Gasteiger partial charge >= 0.3 is 0 Å². The van der Waals surface area contributed by atoms with Crippen molar-refractivity contribution in [2.75, 3.05) is 26.2 Å². The van der Waals surface area contributed by atoms with Gasteiger partial charge in [0, 0.05) is 36.8 Å². The first-order valence-electron chi connectivity index (χ1n) is 9.18. The first-order chi connectivity index (χ1) is 13.0. The van der Waals surface area contributed by atoms with Crippen LogP contribution in [0.5, 0.6) is 0 Å². The summed E-state index contributed by atoms with van der Waals surface area (Å²) in [4.78, 5) is 29.0. The van der Waals surface area contributed by atoms with E-state index in [0.29, 0.717) is 43.2 Å². The molecule has 1 aliphatic rings. The van der Waals surface area contributed by atoms with Gasteiger partial charge in [-0.05, 0) is 36.6 Å². The summed E-state index contributed by atoms with van der Waals surface area (Å²) < 4.78 is 0. The van der Waals surface area contributed by atoms with Crippen LogP contribution < -0.4 is 5.73 Å². The van der Waals surface area contributed by atoms with Crippen LogP contribution in [0, 0.1) is 0 Å². The van der Waals surface area contributed by atoms with E-state index < -0.39 is 6.04 Å². The molecule has 3 rings (SSSR count). The molecule has 2 N–H and O–H groups in total. The molecule has 1 saturated heterocycles. The highest BCUT2D eigenvalue weighted by molar-refractivity contribution is 6.30. The molecule has 1 fully saturated rings. The van der Waals surface area contributed by atoms with Crippen LogP contribution in [0.4, 0.5) is 0 Å². The van der Waals surface area contributed by atoms with Gasteiger partial charge in [0.2, 0.25) is 5.91 Å². The Morgan fingerprint density at radius 3 is 2.36 bits per heavy atom. The lowest BCUT2D eigenvalue weighted by Crippen LogP contribution is -2.46. The second-order valence-electron chi connectivity index (χ2n) is 6.78. The Hall–Kier alpha value is -2.08. The van der Waals surface area contributed by atoms with Crippen molar-refractivity contribution >= 4 is 35.8 Å². The molecule has 0 spiro atoms. The largest absolute Gasteiger partial charge is 0.339 e. The molecule has 7 heteroatoms. The molecule has 0 aromatic heterocycles. The molecule has 0 bridgehead atoms. The third kappa shape index (κ3) is 5.71. The second kappa shape index (κ2) is 10.5. The smallest absolute Gasteiger partial charge is 0.253 e. The van der Waals surface area contributed by atoms with Gasteiger partial charge in [-0.15, -0.1) is 12.4 Å². The number of hydrogen-bond donors (Lipinski definition) is 1. The Morgan fingerprint density at radius 2 is 1.64 bits per heavy atom. The van der Waals surface area contributed by atoms with Gasteiger partial charge in [0.15, 0.2) is 0 Å². The predicted octanol–water partition coefficient (Wildman–Crippen LogP) is 3.01. The van der Waals surface area contributed by atoms with Crippen molar-refractivity contribution in [3.8, 4) is 0 Å². The monoisotopic (exact) mass is 421 g/mol. The average Bonchev–Trinajstić information content (AvgIpc) is 2.94. The summed E-state index contributed by atoms with van der Waals surface area (Å²) in [6, 6.07) is 16.2. The normalized spacial score (nSPS) is 15.4. The summed E-state index contributed by atoms with van der Waals surface area (Å²) in [5.41, 5.74) is 7.77. The predicted molar refractivity (Wildman–Crippen MR) is 114 cm³/mol. The van der Waals surface area contributed by atoms with Gasteiger partial charge in [-0.2, -0.15) is 0 Å². The van der Waals surface area contributed by atoms with Crippen LogP contribution >= 0.6 is 24.0 Å². The Bertz CT molecular complexity index is 801. The number of amides is 2. The van der Waals surface area contributed by atoms with E-state index in [4.69, 9.17) is 17.3 Å². The number of rotatable bonds is 4. The van der Waals surface area contributed by atoms with Gasteiger partial charge in [-0.3, -0.25) is 9.59 Å². The maximum Gasteiger partial charge on any atom is 0.253 e. The molecule has 0 radical (unpaired) electrons. The highest BCUT2D eigenvalue weighted by Gasteiger charge is 2.26. The highest BCUT2D eigenvalue weighted by atomic mass is 35.5. The Kier molecular flexibility index (Phi) is 8.30. The van der Waals surface area contributed by atoms with E-state index in [0.717, 1.165) is 12.0 Å². The number of halogens is 2. The van der Waals surface area contributed by atoms with Crippen LogP contribution in [0.15, 0.2) is 54.6 Å². The number of carbonyl (C=O) groups excluding carboxylic acids is 2. The van der Waals surface area contributed by atoms with Gasteiger partial charge in [0.25, 0.3) is 5.91 Å². The van der Waals surface area contributed by atoms with Crippen LogP contribution in [0.1, 0.15) is 22.3 Å². The number of hydrogen-bond acceptors (Lipinski definition) is 3. The van der Waals surface area contributed by atoms with Crippen molar-refractivity contribution in [1.82, 2.24) is 9.80 Å². The SMILES string of the molecule is Cl.N[C@@H](Cc1ccccc1)C(=O)N1CCCN(C(=O)c2cccc(Cl)c2)CC1. The third-order valence-electron chi connectivity index (χ3n) is 4.78. The van der Waals surface area contributed by atoms with Crippen molar-refractivity contribution in [2.45, 2.75) is 18.9 Å². The fourth-order valence-corrected chi connectivity index (χ4v) is 3.53. The zero-order valence-corrected chi connectivity index (χ0v) is 17.2. The van der Waals surface area contributed by atoms with Crippen LogP contribution in [0.3, 0.4) is 0 Å².